The number of likely N-dealkylation sites (N-methyl/N-ethyl adjacent to an activating group) is 2. The zero-order valence-corrected chi connectivity index (χ0v) is 11.2. The maximum absolute atomic E-state index is 5.62. The van der Waals surface area contributed by atoms with E-state index >= 15 is 0 Å². The van der Waals surface area contributed by atoms with Crippen LogP contribution in [0, 0.1) is 12.3 Å². The second kappa shape index (κ2) is 7.67. The molecule has 1 aliphatic rings. The lowest BCUT2D eigenvalue weighted by Gasteiger charge is -2.39. The number of rotatable bonds is 6. The summed E-state index contributed by atoms with van der Waals surface area (Å²) in [5.41, 5.74) is 2.93. The molecular formula is C13H26N4. The van der Waals surface area contributed by atoms with Crippen molar-refractivity contribution in [2.45, 2.75) is 37.8 Å². The molecule has 1 fully saturated rings. The van der Waals surface area contributed by atoms with Gasteiger partial charge in [0.25, 0.3) is 0 Å². The average Bonchev–Trinajstić information content (AvgIpc) is 2.32. The van der Waals surface area contributed by atoms with Gasteiger partial charge in [0.2, 0.25) is 0 Å². The monoisotopic (exact) mass is 238 g/mol. The normalized spacial score (nSPS) is 24.5. The van der Waals surface area contributed by atoms with E-state index in [1.54, 1.807) is 0 Å². The zero-order valence-electron chi connectivity index (χ0n) is 11.2. The summed E-state index contributed by atoms with van der Waals surface area (Å²) in [7, 11) is 4.38. The van der Waals surface area contributed by atoms with E-state index in [9.17, 15) is 0 Å². The molecule has 0 aromatic heterocycles. The van der Waals surface area contributed by atoms with E-state index in [0.29, 0.717) is 12.1 Å². The predicted octanol–water partition coefficient (Wildman–Crippen LogP) is 0.258. The topological polar surface area (TPSA) is 44.5 Å². The van der Waals surface area contributed by atoms with Gasteiger partial charge in [-0.1, -0.05) is 0 Å². The highest BCUT2D eigenvalue weighted by atomic mass is 15.3. The summed E-state index contributed by atoms with van der Waals surface area (Å²) in [5.74, 6) is 8.30. The van der Waals surface area contributed by atoms with Gasteiger partial charge in [0.1, 0.15) is 0 Å². The molecule has 2 atom stereocenters. The molecule has 0 spiro atoms. The lowest BCUT2D eigenvalue weighted by Crippen LogP contribution is -2.52. The Kier molecular flexibility index (Phi) is 6.53. The molecule has 4 heteroatoms. The maximum Gasteiger partial charge on any atom is 0.0235 e. The van der Waals surface area contributed by atoms with Gasteiger partial charge in [-0.25, -0.2) is 0 Å². The molecule has 3 N–H and O–H groups in total. The Hall–Kier alpha value is -0.600. The predicted molar refractivity (Wildman–Crippen MR) is 72.3 cm³/mol. The van der Waals surface area contributed by atoms with Crippen molar-refractivity contribution in [1.82, 2.24) is 15.2 Å². The Bertz CT molecular complexity index is 248. The van der Waals surface area contributed by atoms with Gasteiger partial charge in [-0.15, -0.1) is 12.3 Å². The molecule has 0 amide bonds. The minimum atomic E-state index is 0.377. The molecule has 1 aliphatic heterocycles. The average molecular weight is 238 g/mol. The number of piperazine rings is 1. The number of unbranched alkanes of at least 4 members (excludes halogenated alkanes) is 1. The van der Waals surface area contributed by atoms with E-state index in [4.69, 9.17) is 12.3 Å². The summed E-state index contributed by atoms with van der Waals surface area (Å²) in [4.78, 5) is 4.82. The van der Waals surface area contributed by atoms with Crippen molar-refractivity contribution >= 4 is 0 Å². The Morgan fingerprint density at radius 3 is 2.88 bits per heavy atom. The first-order valence-electron chi connectivity index (χ1n) is 6.45. The van der Waals surface area contributed by atoms with Crippen LogP contribution in [0.3, 0.4) is 0 Å². The Morgan fingerprint density at radius 1 is 1.47 bits per heavy atom. The first kappa shape index (κ1) is 14.5. The van der Waals surface area contributed by atoms with Crippen LogP contribution in [0.25, 0.3) is 0 Å². The van der Waals surface area contributed by atoms with E-state index in [0.717, 1.165) is 45.3 Å². The van der Waals surface area contributed by atoms with Gasteiger partial charge in [-0.3, -0.25) is 11.3 Å². The zero-order chi connectivity index (χ0) is 12.7. The molecule has 0 aromatic rings. The van der Waals surface area contributed by atoms with Crippen LogP contribution in [0.15, 0.2) is 0 Å². The van der Waals surface area contributed by atoms with Crippen molar-refractivity contribution in [2.75, 3.05) is 33.7 Å². The van der Waals surface area contributed by atoms with Crippen LogP contribution < -0.4 is 11.3 Å². The highest BCUT2D eigenvalue weighted by Crippen LogP contribution is 2.14. The minimum Gasteiger partial charge on any atom is -0.304 e. The molecule has 0 radical (unpaired) electrons. The highest BCUT2D eigenvalue weighted by Gasteiger charge is 2.24. The molecule has 2 unspecified atom stereocenters. The highest BCUT2D eigenvalue weighted by molar-refractivity contribution is 4.86. The van der Waals surface area contributed by atoms with Crippen LogP contribution in [0.5, 0.6) is 0 Å². The molecule has 17 heavy (non-hydrogen) atoms. The van der Waals surface area contributed by atoms with Crippen LogP contribution in [-0.2, 0) is 0 Å². The number of hydrogen-bond donors (Lipinski definition) is 2. The van der Waals surface area contributed by atoms with Gasteiger partial charge in [0.05, 0.1) is 0 Å². The molecule has 1 saturated heterocycles. The smallest absolute Gasteiger partial charge is 0.0235 e. The van der Waals surface area contributed by atoms with E-state index in [1.807, 2.05) is 0 Å². The summed E-state index contributed by atoms with van der Waals surface area (Å²) in [5, 5.41) is 0. The van der Waals surface area contributed by atoms with E-state index < -0.39 is 0 Å². The lowest BCUT2D eigenvalue weighted by atomic mass is 9.99. The van der Waals surface area contributed by atoms with Crippen LogP contribution >= 0.6 is 0 Å². The van der Waals surface area contributed by atoms with Gasteiger partial charge in [-0.05, 0) is 33.4 Å². The Balaban J connectivity index is 2.35. The number of terminal acetylenes is 1. The Labute approximate surface area is 105 Å². The third kappa shape index (κ3) is 5.05. The van der Waals surface area contributed by atoms with Crippen molar-refractivity contribution in [1.29, 1.82) is 0 Å². The van der Waals surface area contributed by atoms with Crippen LogP contribution in [0.2, 0.25) is 0 Å². The quantitative estimate of drug-likeness (QED) is 0.301. The molecule has 4 nitrogen and oxygen atoms in total. The molecule has 0 aliphatic carbocycles. The molecule has 0 aromatic carbocycles. The minimum absolute atomic E-state index is 0.377. The number of nitrogens with one attached hydrogen (secondary N) is 1. The maximum atomic E-state index is 5.62. The van der Waals surface area contributed by atoms with E-state index in [2.05, 4.69) is 35.2 Å². The number of nitrogens with two attached hydrogens (primary N) is 1. The van der Waals surface area contributed by atoms with E-state index in [1.165, 1.54) is 0 Å². The molecular weight excluding hydrogens is 212 g/mol. The Morgan fingerprint density at radius 2 is 2.24 bits per heavy atom. The van der Waals surface area contributed by atoms with Crippen LogP contribution in [0.1, 0.15) is 25.7 Å². The van der Waals surface area contributed by atoms with Crippen molar-refractivity contribution in [2.24, 2.45) is 5.84 Å². The fraction of sp³-hybridized carbons (Fsp3) is 0.846. The fourth-order valence-electron chi connectivity index (χ4n) is 2.40. The van der Waals surface area contributed by atoms with Gasteiger partial charge in [0, 0.05) is 38.1 Å². The number of nitrogens with zero attached hydrogens (tertiary/aromatic N) is 2. The number of hydrazine groups is 1. The van der Waals surface area contributed by atoms with Gasteiger partial charge in [-0.2, -0.15) is 0 Å². The summed E-state index contributed by atoms with van der Waals surface area (Å²) in [6.07, 6.45) is 9.33. The first-order chi connectivity index (χ1) is 8.17. The lowest BCUT2D eigenvalue weighted by molar-refractivity contribution is 0.0999. The van der Waals surface area contributed by atoms with Gasteiger partial charge >= 0.3 is 0 Å². The fourth-order valence-corrected chi connectivity index (χ4v) is 2.40. The summed E-state index contributed by atoms with van der Waals surface area (Å²) >= 11 is 0. The van der Waals surface area contributed by atoms with Crippen molar-refractivity contribution in [3.63, 3.8) is 0 Å². The van der Waals surface area contributed by atoms with Crippen molar-refractivity contribution in [3.05, 3.63) is 0 Å². The van der Waals surface area contributed by atoms with Crippen molar-refractivity contribution < 1.29 is 0 Å². The standard InChI is InChI=1S/C13H26N4/c1-4-5-6-7-12(15-14)10-13-11-16(2)8-9-17(13)3/h1,12-13,15H,5-11,14H2,2-3H3. The third-order valence-corrected chi connectivity index (χ3v) is 3.65. The van der Waals surface area contributed by atoms with Crippen LogP contribution in [0.4, 0.5) is 0 Å². The summed E-state index contributed by atoms with van der Waals surface area (Å²) < 4.78 is 0. The van der Waals surface area contributed by atoms with Gasteiger partial charge in [0.15, 0.2) is 0 Å². The third-order valence-electron chi connectivity index (χ3n) is 3.65. The number of hydrogen-bond acceptors (Lipinski definition) is 4. The second-order valence-electron chi connectivity index (χ2n) is 5.09. The summed E-state index contributed by atoms with van der Waals surface area (Å²) in [6.45, 7) is 3.43. The first-order valence-corrected chi connectivity index (χ1v) is 6.45. The second-order valence-corrected chi connectivity index (χ2v) is 5.09. The van der Waals surface area contributed by atoms with Gasteiger partial charge < -0.3 is 9.80 Å². The molecule has 0 saturated carbocycles. The molecule has 1 rings (SSSR count). The molecule has 0 bridgehead atoms. The largest absolute Gasteiger partial charge is 0.304 e. The van der Waals surface area contributed by atoms with Crippen LogP contribution in [-0.4, -0.2) is 55.6 Å². The summed E-state index contributed by atoms with van der Waals surface area (Å²) in [6, 6.07) is 0.975. The van der Waals surface area contributed by atoms with E-state index in [-0.39, 0.29) is 0 Å². The van der Waals surface area contributed by atoms with Crippen molar-refractivity contribution in [3.8, 4) is 12.3 Å². The SMILES string of the molecule is C#CCCCC(CC1CN(C)CCN1C)NN. The molecule has 1 heterocycles. The molecule has 98 valence electrons.